The predicted molar refractivity (Wildman–Crippen MR) is 126 cm³/mol. The SMILES string of the molecule is O=C(C1CCN(S(=O)(=O)c2cccs2)CC1)N1CCC(Oc2nc3ccccc3s2)CC1. The fourth-order valence-corrected chi connectivity index (χ4v) is 7.87. The summed E-state index contributed by atoms with van der Waals surface area (Å²) in [7, 11) is -3.43. The lowest BCUT2D eigenvalue weighted by atomic mass is 9.95. The van der Waals surface area contributed by atoms with Gasteiger partial charge in [-0.3, -0.25) is 4.79 Å². The van der Waals surface area contributed by atoms with Gasteiger partial charge >= 0.3 is 0 Å². The Labute approximate surface area is 195 Å². The number of piperidine rings is 2. The number of aromatic nitrogens is 1. The number of nitrogens with zero attached hydrogens (tertiary/aromatic N) is 3. The lowest BCUT2D eigenvalue weighted by Gasteiger charge is -2.36. The highest BCUT2D eigenvalue weighted by molar-refractivity contribution is 7.91. The van der Waals surface area contributed by atoms with Crippen LogP contribution in [0.3, 0.4) is 0 Å². The van der Waals surface area contributed by atoms with Crippen molar-refractivity contribution in [3.63, 3.8) is 0 Å². The van der Waals surface area contributed by atoms with Crippen LogP contribution in [0.5, 0.6) is 5.19 Å². The molecule has 4 heterocycles. The van der Waals surface area contributed by atoms with Gasteiger partial charge in [-0.2, -0.15) is 4.31 Å². The maximum absolute atomic E-state index is 13.0. The number of sulfonamides is 1. The molecule has 10 heteroatoms. The largest absolute Gasteiger partial charge is 0.467 e. The number of carbonyl (C=O) groups excluding carboxylic acids is 1. The fourth-order valence-electron chi connectivity index (χ4n) is 4.38. The number of ether oxygens (including phenoxy) is 1. The lowest BCUT2D eigenvalue weighted by Crippen LogP contribution is -2.47. The first-order valence-electron chi connectivity index (χ1n) is 10.9. The second-order valence-electron chi connectivity index (χ2n) is 8.20. The minimum atomic E-state index is -3.43. The van der Waals surface area contributed by atoms with E-state index >= 15 is 0 Å². The summed E-state index contributed by atoms with van der Waals surface area (Å²) in [6.07, 6.45) is 2.79. The van der Waals surface area contributed by atoms with Gasteiger partial charge in [0.2, 0.25) is 5.91 Å². The van der Waals surface area contributed by atoms with Crippen LogP contribution >= 0.6 is 22.7 Å². The third kappa shape index (κ3) is 4.41. The summed E-state index contributed by atoms with van der Waals surface area (Å²) in [5.41, 5.74) is 0.951. The molecule has 1 amide bonds. The highest BCUT2D eigenvalue weighted by Gasteiger charge is 2.35. The van der Waals surface area contributed by atoms with E-state index in [9.17, 15) is 13.2 Å². The van der Waals surface area contributed by atoms with Crippen LogP contribution in [0.1, 0.15) is 25.7 Å². The van der Waals surface area contributed by atoms with Gasteiger partial charge in [-0.15, -0.1) is 11.3 Å². The molecule has 0 spiro atoms. The van der Waals surface area contributed by atoms with E-state index in [2.05, 4.69) is 4.98 Å². The molecule has 0 radical (unpaired) electrons. The molecule has 0 unspecified atom stereocenters. The topological polar surface area (TPSA) is 79.8 Å². The van der Waals surface area contributed by atoms with Crippen LogP contribution in [0.25, 0.3) is 10.2 Å². The standard InChI is InChI=1S/C22H25N3O4S3/c26-21(16-7-13-25(14-8-16)32(27,28)20-6-3-15-30-20)24-11-9-17(10-12-24)29-22-23-18-4-1-2-5-19(18)31-22/h1-6,15-17H,7-14H2. The summed E-state index contributed by atoms with van der Waals surface area (Å²) >= 11 is 2.79. The average Bonchev–Trinajstić information content (AvgIpc) is 3.49. The predicted octanol–water partition coefficient (Wildman–Crippen LogP) is 3.83. The molecular formula is C22H25N3O4S3. The van der Waals surface area contributed by atoms with E-state index in [-0.39, 0.29) is 17.9 Å². The van der Waals surface area contributed by atoms with Crippen molar-refractivity contribution in [2.45, 2.75) is 36.0 Å². The highest BCUT2D eigenvalue weighted by Crippen LogP contribution is 2.31. The first-order valence-corrected chi connectivity index (χ1v) is 14.0. The van der Waals surface area contributed by atoms with Gasteiger partial charge in [-0.1, -0.05) is 29.5 Å². The zero-order valence-corrected chi connectivity index (χ0v) is 20.0. The maximum Gasteiger partial charge on any atom is 0.274 e. The minimum Gasteiger partial charge on any atom is -0.467 e. The van der Waals surface area contributed by atoms with Crippen LogP contribution in [0, 0.1) is 5.92 Å². The second kappa shape index (κ2) is 9.09. The molecule has 3 aromatic rings. The van der Waals surface area contributed by atoms with Crippen LogP contribution in [0.4, 0.5) is 0 Å². The van der Waals surface area contributed by atoms with E-state index in [0.717, 1.165) is 23.1 Å². The normalized spacial score (nSPS) is 19.4. The van der Waals surface area contributed by atoms with E-state index in [1.165, 1.54) is 15.6 Å². The van der Waals surface area contributed by atoms with Crippen molar-refractivity contribution in [3.05, 3.63) is 41.8 Å². The van der Waals surface area contributed by atoms with Crippen LogP contribution in [-0.2, 0) is 14.8 Å². The van der Waals surface area contributed by atoms with E-state index < -0.39 is 10.0 Å². The molecule has 0 atom stereocenters. The van der Waals surface area contributed by atoms with Crippen molar-refractivity contribution in [1.82, 2.24) is 14.2 Å². The van der Waals surface area contributed by atoms with Crippen LogP contribution in [-0.4, -0.2) is 60.8 Å². The van der Waals surface area contributed by atoms with Crippen molar-refractivity contribution >= 4 is 48.8 Å². The van der Waals surface area contributed by atoms with Crippen LogP contribution < -0.4 is 4.74 Å². The number of hydrogen-bond acceptors (Lipinski definition) is 7. The second-order valence-corrected chi connectivity index (χ2v) is 12.3. The number of fused-ring (bicyclic) bond motifs is 1. The van der Waals surface area contributed by atoms with E-state index in [1.807, 2.05) is 29.2 Å². The molecule has 2 aromatic heterocycles. The maximum atomic E-state index is 13.0. The molecule has 0 saturated carbocycles. The zero-order chi connectivity index (χ0) is 22.1. The van der Waals surface area contributed by atoms with E-state index in [1.54, 1.807) is 28.8 Å². The van der Waals surface area contributed by atoms with Crippen molar-refractivity contribution < 1.29 is 17.9 Å². The van der Waals surface area contributed by atoms with Gasteiger partial charge in [-0.25, -0.2) is 13.4 Å². The molecule has 5 rings (SSSR count). The Balaban J connectivity index is 1.12. The number of thiazole rings is 1. The molecule has 0 bridgehead atoms. The first-order chi connectivity index (χ1) is 15.5. The third-order valence-corrected chi connectivity index (χ3v) is 10.4. The molecule has 170 valence electrons. The number of hydrogen-bond donors (Lipinski definition) is 0. The molecule has 2 saturated heterocycles. The first kappa shape index (κ1) is 21.8. The molecule has 2 aliphatic rings. The van der Waals surface area contributed by atoms with Crippen LogP contribution in [0.2, 0.25) is 0 Å². The summed E-state index contributed by atoms with van der Waals surface area (Å²) in [5, 5.41) is 2.46. The Kier molecular flexibility index (Phi) is 6.20. The van der Waals surface area contributed by atoms with E-state index in [0.29, 0.717) is 48.4 Å². The zero-order valence-electron chi connectivity index (χ0n) is 17.6. The third-order valence-electron chi connectivity index (χ3n) is 6.19. The molecule has 2 fully saturated rings. The highest BCUT2D eigenvalue weighted by atomic mass is 32.2. The summed E-state index contributed by atoms with van der Waals surface area (Å²) in [6.45, 7) is 2.13. The smallest absolute Gasteiger partial charge is 0.274 e. The lowest BCUT2D eigenvalue weighted by molar-refractivity contribution is -0.138. The molecule has 1 aromatic carbocycles. The number of thiophene rings is 1. The van der Waals surface area contributed by atoms with E-state index in [4.69, 9.17) is 4.74 Å². The Morgan fingerprint density at radius 1 is 1.00 bits per heavy atom. The average molecular weight is 492 g/mol. The van der Waals surface area contributed by atoms with Gasteiger partial charge in [0.25, 0.3) is 15.2 Å². The van der Waals surface area contributed by atoms with Crippen molar-refractivity contribution in [2.75, 3.05) is 26.2 Å². The monoisotopic (exact) mass is 491 g/mol. The number of benzene rings is 1. The van der Waals surface area contributed by atoms with Gasteiger partial charge in [0.1, 0.15) is 10.3 Å². The number of amides is 1. The number of para-hydroxylation sites is 1. The van der Waals surface area contributed by atoms with Crippen LogP contribution in [0.15, 0.2) is 46.0 Å². The summed E-state index contributed by atoms with van der Waals surface area (Å²) in [5.74, 6) is 0.0446. The fraction of sp³-hybridized carbons (Fsp3) is 0.455. The van der Waals surface area contributed by atoms with Gasteiger partial charge in [0, 0.05) is 44.9 Å². The molecule has 0 N–H and O–H groups in total. The summed E-state index contributed by atoms with van der Waals surface area (Å²) in [6, 6.07) is 11.4. The molecule has 0 aliphatic carbocycles. The number of likely N-dealkylation sites (tertiary alicyclic amines) is 1. The van der Waals surface area contributed by atoms with Crippen molar-refractivity contribution in [1.29, 1.82) is 0 Å². The summed E-state index contributed by atoms with van der Waals surface area (Å²) < 4.78 is 34.5. The van der Waals surface area contributed by atoms with Gasteiger partial charge in [0.15, 0.2) is 0 Å². The minimum absolute atomic E-state index is 0.0670. The van der Waals surface area contributed by atoms with Gasteiger partial charge in [-0.05, 0) is 36.4 Å². The van der Waals surface area contributed by atoms with Gasteiger partial charge < -0.3 is 9.64 Å². The molecule has 2 aliphatic heterocycles. The van der Waals surface area contributed by atoms with Crippen molar-refractivity contribution in [2.24, 2.45) is 5.92 Å². The molecule has 32 heavy (non-hydrogen) atoms. The molecular weight excluding hydrogens is 466 g/mol. The van der Waals surface area contributed by atoms with Crippen molar-refractivity contribution in [3.8, 4) is 5.19 Å². The number of rotatable bonds is 5. The summed E-state index contributed by atoms with van der Waals surface area (Å²) in [4.78, 5) is 19.5. The van der Waals surface area contributed by atoms with Gasteiger partial charge in [0.05, 0.1) is 10.2 Å². The Morgan fingerprint density at radius 2 is 1.75 bits per heavy atom. The Bertz CT molecular complexity index is 1140. The Hall–Kier alpha value is -2.01. The molecule has 7 nitrogen and oxygen atoms in total. The Morgan fingerprint density at radius 3 is 2.44 bits per heavy atom. The number of carbonyl (C=O) groups is 1. The quantitative estimate of drug-likeness (QED) is 0.542.